The molecule has 0 N–H and O–H groups in total. The van der Waals surface area contributed by atoms with Gasteiger partial charge in [-0.05, 0) is 259 Å². The molecule has 1 unspecified atom stereocenters. The SMILES string of the molecule is CC1(C)C(C(=O)OC(C#N)c2cccc(Oc3ccccc3)c2)C1(C)C.CC[C@H]1CCC[C@H](O[C@H]2CC[C@H](N(C)C)[C@@H](C)O2)[C@@H](C)C(=O)C2=C[C@@H]3[C@@H](C=C(C)[C@@H]4C[C@@H](O[C@@H]5O[C@@H](C)[C@H](OC)[C@@H](OC)[C@H]5OC)C[C@@H]34)[C@@H]2CC(=O)O1.CC[C@H]1CCC[C@H](O[C@H]2CC[C@H](N(C)C)[C@@H](C)O2)[C@@H](C)C(=O)C2=C[C@@H]3[C@@H](C=C[C@@H]4C[C@@H](O[C@@H]5O[C@@H](C)[C@H](OC)[C@@H](OC)[C@H]5OC)C[C@@H]34)[C@@H]2CC(=O)O1. The Morgan fingerprint density at radius 3 is 1.42 bits per heavy atom. The van der Waals surface area contributed by atoms with E-state index in [0.717, 1.165) is 101 Å². The van der Waals surface area contributed by atoms with Crippen molar-refractivity contribution < 1.29 is 109 Å². The summed E-state index contributed by atoms with van der Waals surface area (Å²) in [6.07, 6.45) is 18.4. The molecule has 9 fully saturated rings. The van der Waals surface area contributed by atoms with Gasteiger partial charge in [0.05, 0.1) is 67.6 Å². The average molecular weight is 1830 g/mol. The van der Waals surface area contributed by atoms with Gasteiger partial charge in [-0.1, -0.05) is 122 Å². The number of fused-ring (bicyclic) bond motifs is 10. The van der Waals surface area contributed by atoms with Gasteiger partial charge in [-0.2, -0.15) is 5.26 Å². The third kappa shape index (κ3) is 22.8. The monoisotopic (exact) mass is 1830 g/mol. The lowest BCUT2D eigenvalue weighted by atomic mass is 9.67. The van der Waals surface area contributed by atoms with Crippen molar-refractivity contribution in [3.8, 4) is 17.6 Å². The van der Waals surface area contributed by atoms with Gasteiger partial charge in [0.25, 0.3) is 0 Å². The number of ether oxygens (including phenoxy) is 18. The normalized spacial score (nSPS) is 40.1. The van der Waals surface area contributed by atoms with Crippen LogP contribution in [0.1, 0.15) is 217 Å². The smallest absolute Gasteiger partial charge is 0.311 e. The summed E-state index contributed by atoms with van der Waals surface area (Å²) >= 11 is 0. The number of rotatable bonds is 23. The van der Waals surface area contributed by atoms with Gasteiger partial charge in [0.2, 0.25) is 6.10 Å². The molecule has 0 spiro atoms. The molecule has 35 atom stereocenters. The molecule has 7 aliphatic carbocycles. The van der Waals surface area contributed by atoms with Crippen molar-refractivity contribution in [3.63, 3.8) is 0 Å². The van der Waals surface area contributed by atoms with Crippen LogP contribution in [0.25, 0.3) is 0 Å². The molecule has 2 aromatic carbocycles. The second-order valence-corrected chi connectivity index (χ2v) is 41.3. The number of cyclic esters (lactones) is 2. The fourth-order valence-electron chi connectivity index (χ4n) is 24.7. The standard InChI is InChI=1S/C42H67NO10.C41H65NO10.C22H23NO3/c1-11-26-13-12-14-35(53-37-16-15-34(43(6)7)24(4)49-37)23(3)38(45)33-20-31-29(32(33)21-36(44)51-26)17-22(2)28-18-27(19-30(28)31)52-42-41(48-10)40(47-9)39(46-8)25(5)50-42;1-10-26-12-11-13-34(52-36-17-16-33(42(5)6)23(3)48-36)22(2)37(44)32-20-30-28(31(32)21-35(43)50-26)15-14-25-18-27(19-29(25)30)51-41-40(47-9)39(46-8)38(45-7)24(4)49-41;1-21(2)19(22(21,3)4)20(24)26-18(14-23)15-9-8-12-17(13-15)25-16-10-6-5-7-11-16/h17,20,23-32,34-35,37,39-42H,11-16,18-19,21H2,1-10H3;14-15,20,22-31,33-34,36,38-41H,10-13,16-19,21H2,1-9H3;5-13,18-19H,1-4H3/t23-,24-,25+,26+,27-,28+,29-,30-,31-,32+,34+,35+,37+,39+,40-,41-,42+;22-,23-,24+,25-,26+,27-,28-,29-,30-,31+,33+,34+,36+,38+,39-,40-,41+;/m11./s1. The Bertz CT molecular complexity index is 4300. The molecule has 2 aromatic rings. The van der Waals surface area contributed by atoms with Crippen molar-refractivity contribution in [1.29, 1.82) is 5.26 Å². The van der Waals surface area contributed by atoms with Crippen molar-refractivity contribution >= 4 is 29.5 Å². The van der Waals surface area contributed by atoms with Crippen molar-refractivity contribution in [1.82, 2.24) is 9.80 Å². The quantitative estimate of drug-likeness (QED) is 0.0567. The van der Waals surface area contributed by atoms with E-state index in [1.807, 2.05) is 58.0 Å². The highest BCUT2D eigenvalue weighted by Crippen LogP contribution is 2.69. The van der Waals surface area contributed by atoms with Crippen molar-refractivity contribution in [2.24, 2.45) is 87.8 Å². The molecule has 15 rings (SSSR count). The Hall–Kier alpha value is -6.20. The van der Waals surface area contributed by atoms with E-state index >= 15 is 0 Å². The molecule has 0 bridgehead atoms. The van der Waals surface area contributed by atoms with Crippen LogP contribution in [0.15, 0.2) is 102 Å². The highest BCUT2D eigenvalue weighted by Gasteiger charge is 2.69. The molecule has 3 saturated carbocycles. The molecule has 6 aliphatic heterocycles. The zero-order valence-electron chi connectivity index (χ0n) is 82.3. The first-order chi connectivity index (χ1) is 62.6. The number of Topliss-reactive ketones (excluding diaryl/α,β-unsaturated/α-hetero) is 2. The first-order valence-corrected chi connectivity index (χ1v) is 49.1. The molecule has 0 aromatic heterocycles. The Morgan fingerprint density at radius 1 is 0.496 bits per heavy atom. The zero-order chi connectivity index (χ0) is 94.4. The van der Waals surface area contributed by atoms with Gasteiger partial charge in [0, 0.05) is 84.0 Å². The van der Waals surface area contributed by atoms with Gasteiger partial charge in [0.15, 0.2) is 36.7 Å². The van der Waals surface area contributed by atoms with Crippen LogP contribution in [0.4, 0.5) is 0 Å². The molecule has 6 saturated heterocycles. The number of ketones is 2. The number of nitrogens with zero attached hydrogens (tertiary/aromatic N) is 3. The minimum atomic E-state index is -0.950. The van der Waals surface area contributed by atoms with E-state index in [4.69, 9.17) is 85.3 Å². The van der Waals surface area contributed by atoms with Gasteiger partial charge in [-0.3, -0.25) is 24.0 Å². The Morgan fingerprint density at radius 2 is 0.962 bits per heavy atom. The number of para-hydroxylation sites is 1. The lowest BCUT2D eigenvalue weighted by Gasteiger charge is -2.44. The van der Waals surface area contributed by atoms with E-state index in [9.17, 15) is 29.2 Å². The fraction of sp³-hybridized carbons (Fsp3) is 0.752. The summed E-state index contributed by atoms with van der Waals surface area (Å²) in [6, 6.07) is 19.2. The van der Waals surface area contributed by atoms with Crippen LogP contribution in [0.3, 0.4) is 0 Å². The van der Waals surface area contributed by atoms with E-state index in [-0.39, 0.29) is 216 Å². The summed E-state index contributed by atoms with van der Waals surface area (Å²) in [4.78, 5) is 73.4. The minimum Gasteiger partial charge on any atom is -0.462 e. The van der Waals surface area contributed by atoms with Crippen molar-refractivity contribution in [2.75, 3.05) is 70.8 Å². The van der Waals surface area contributed by atoms with Crippen LogP contribution in [0.2, 0.25) is 0 Å². The molecule has 13 aliphatic rings. The maximum atomic E-state index is 14.7. The number of likely N-dealkylation sites (N-methyl/N-ethyl adjacent to an activating group) is 2. The maximum absolute atomic E-state index is 14.7. The highest BCUT2D eigenvalue weighted by atomic mass is 16.7. The van der Waals surface area contributed by atoms with Crippen molar-refractivity contribution in [3.05, 3.63) is 107 Å². The molecule has 728 valence electrons. The van der Waals surface area contributed by atoms with E-state index in [2.05, 4.69) is 137 Å². The molecule has 0 amide bonds. The molecular weight excluding hydrogens is 1670 g/mol. The number of hydrogen-bond donors (Lipinski definition) is 0. The second kappa shape index (κ2) is 44.9. The number of nitriles is 1. The molecule has 131 heavy (non-hydrogen) atoms. The number of benzene rings is 2. The van der Waals surface area contributed by atoms with E-state index in [1.165, 1.54) is 5.57 Å². The van der Waals surface area contributed by atoms with Gasteiger partial charge in [-0.25, -0.2) is 0 Å². The number of carbonyl (C=O) groups is 5. The van der Waals surface area contributed by atoms with Crippen LogP contribution >= 0.6 is 0 Å². The summed E-state index contributed by atoms with van der Waals surface area (Å²) in [5.41, 5.74) is 3.19. The lowest BCUT2D eigenvalue weighted by molar-refractivity contribution is -0.314. The first-order valence-electron chi connectivity index (χ1n) is 49.1. The summed E-state index contributed by atoms with van der Waals surface area (Å²) in [5, 5.41) is 9.50. The third-order valence-electron chi connectivity index (χ3n) is 32.7. The predicted octanol–water partition coefficient (Wildman–Crippen LogP) is 16.6. The number of esters is 3. The zero-order valence-corrected chi connectivity index (χ0v) is 82.3. The summed E-state index contributed by atoms with van der Waals surface area (Å²) in [6.45, 7) is 26.8. The topological polar surface area (TPSA) is 282 Å². The van der Waals surface area contributed by atoms with Gasteiger partial charge in [0.1, 0.15) is 66.4 Å². The lowest BCUT2D eigenvalue weighted by Crippen LogP contribution is -2.59. The average Bonchev–Trinajstić information content (AvgIpc) is 1.53. The summed E-state index contributed by atoms with van der Waals surface area (Å²) < 4.78 is 111. The van der Waals surface area contributed by atoms with Crippen LogP contribution in [-0.2, 0) is 104 Å². The van der Waals surface area contributed by atoms with Gasteiger partial charge < -0.3 is 95.1 Å². The molecule has 6 heterocycles. The van der Waals surface area contributed by atoms with E-state index in [0.29, 0.717) is 53.8 Å². The Balaban J connectivity index is 0.000000177. The number of hydrogen-bond acceptors (Lipinski definition) is 26. The van der Waals surface area contributed by atoms with Crippen LogP contribution < -0.4 is 4.74 Å². The van der Waals surface area contributed by atoms with E-state index in [1.54, 1.807) is 66.9 Å². The Labute approximate surface area is 779 Å². The van der Waals surface area contributed by atoms with Crippen LogP contribution in [0.5, 0.6) is 11.5 Å². The summed E-state index contributed by atoms with van der Waals surface area (Å²) in [5.74, 6) is 0.811. The van der Waals surface area contributed by atoms with E-state index < -0.39 is 30.9 Å². The second-order valence-electron chi connectivity index (χ2n) is 41.3. The third-order valence-corrected chi connectivity index (χ3v) is 32.7. The van der Waals surface area contributed by atoms with Crippen molar-refractivity contribution in [2.45, 2.75) is 347 Å². The molecule has 26 nitrogen and oxygen atoms in total. The number of methoxy groups -OCH3 is 6. The summed E-state index contributed by atoms with van der Waals surface area (Å²) in [7, 11) is 18.3. The van der Waals surface area contributed by atoms with Gasteiger partial charge in [-0.15, -0.1) is 0 Å². The minimum absolute atomic E-state index is 0.0364. The fourth-order valence-corrected chi connectivity index (χ4v) is 24.7. The maximum Gasteiger partial charge on any atom is 0.311 e. The molecule has 0 radical (unpaired) electrons. The number of allylic oxidation sites excluding steroid dienone is 8. The first kappa shape index (κ1) is 102. The highest BCUT2D eigenvalue weighted by molar-refractivity contribution is 6.00. The van der Waals surface area contributed by atoms with Crippen LogP contribution in [-0.4, -0.2) is 245 Å². The Kier molecular flexibility index (Phi) is 35.1. The van der Waals surface area contributed by atoms with Crippen LogP contribution in [0, 0.1) is 99.1 Å². The molecule has 26 heteroatoms. The number of carbonyl (C=O) groups excluding carboxylic acids is 5. The predicted molar refractivity (Wildman–Crippen MR) is 492 cm³/mol. The molecular formula is C105H155N3O23. The van der Waals surface area contributed by atoms with Gasteiger partial charge >= 0.3 is 17.9 Å². The largest absolute Gasteiger partial charge is 0.462 e.